The quantitative estimate of drug-likeness (QED) is 0.342. The number of amides is 2. The Morgan fingerprint density at radius 3 is 2.49 bits per heavy atom. The van der Waals surface area contributed by atoms with Crippen LogP contribution in [-0.4, -0.2) is 40.2 Å². The lowest BCUT2D eigenvalue weighted by Gasteiger charge is -2.27. The number of carbonyl (C=O) groups is 2. The molecule has 1 heterocycles. The highest BCUT2D eigenvalue weighted by Crippen LogP contribution is 2.33. The third-order valence-corrected chi connectivity index (χ3v) is 8.57. The van der Waals surface area contributed by atoms with E-state index in [-0.39, 0.29) is 11.8 Å². The minimum Gasteiger partial charge on any atom is -0.383 e. The topological polar surface area (TPSA) is 101 Å². The Kier molecular flexibility index (Phi) is 10.5. The van der Waals surface area contributed by atoms with Crippen LogP contribution in [0.25, 0.3) is 10.4 Å². The standard InChI is InChI=1S/C29H41N3O4S/c1-2-11-24(31-28(35)26(33)20-12-5-3-6-13-20)27(34)32-29-30-18-25(37-29)23-17-10-9-14-21(23)19-36-22-15-7-4-8-16-22/h9-10,14,17-18,20,22,24,26,33H,2-8,11-13,15-16,19H2,1H3,(H,31,35)(H,30,32,34)/t24-,26-/m0/s1. The predicted molar refractivity (Wildman–Crippen MR) is 147 cm³/mol. The van der Waals surface area contributed by atoms with Crippen molar-refractivity contribution in [1.82, 2.24) is 10.3 Å². The molecular formula is C29H41N3O4S. The molecule has 0 spiro atoms. The maximum Gasteiger partial charge on any atom is 0.249 e. The molecule has 2 aliphatic carbocycles. The number of benzene rings is 1. The molecule has 0 unspecified atom stereocenters. The van der Waals surface area contributed by atoms with Gasteiger partial charge in [-0.15, -0.1) is 0 Å². The molecule has 0 aliphatic heterocycles. The second kappa shape index (κ2) is 14.0. The largest absolute Gasteiger partial charge is 0.383 e. The van der Waals surface area contributed by atoms with E-state index in [1.54, 1.807) is 6.20 Å². The fourth-order valence-corrected chi connectivity index (χ4v) is 6.33. The van der Waals surface area contributed by atoms with Crippen LogP contribution >= 0.6 is 11.3 Å². The van der Waals surface area contributed by atoms with Gasteiger partial charge in [0.15, 0.2) is 5.13 Å². The van der Waals surface area contributed by atoms with Gasteiger partial charge in [-0.2, -0.15) is 0 Å². The Hall–Kier alpha value is -2.29. The van der Waals surface area contributed by atoms with Crippen LogP contribution in [0.4, 0.5) is 5.13 Å². The fourth-order valence-electron chi connectivity index (χ4n) is 5.45. The van der Waals surface area contributed by atoms with Crippen molar-refractivity contribution in [2.45, 2.75) is 109 Å². The summed E-state index contributed by atoms with van der Waals surface area (Å²) in [6, 6.07) is 7.46. The number of rotatable bonds is 11. The van der Waals surface area contributed by atoms with Gasteiger partial charge in [0.25, 0.3) is 0 Å². The molecule has 7 nitrogen and oxygen atoms in total. The van der Waals surface area contributed by atoms with Gasteiger partial charge in [0.2, 0.25) is 11.8 Å². The van der Waals surface area contributed by atoms with E-state index in [9.17, 15) is 14.7 Å². The van der Waals surface area contributed by atoms with Gasteiger partial charge in [0, 0.05) is 6.20 Å². The SMILES string of the molecule is CCC[C@H](NC(=O)[C@@H](O)C1CCCCC1)C(=O)Nc1ncc(-c2ccccc2COC2CCCCC2)s1. The molecule has 0 bridgehead atoms. The summed E-state index contributed by atoms with van der Waals surface area (Å²) in [4.78, 5) is 31.2. The second-order valence-electron chi connectivity index (χ2n) is 10.4. The number of anilines is 1. The number of thiazole rings is 1. The predicted octanol–water partition coefficient (Wildman–Crippen LogP) is 5.82. The Morgan fingerprint density at radius 2 is 1.76 bits per heavy atom. The molecule has 2 amide bonds. The average Bonchev–Trinajstić information content (AvgIpc) is 3.40. The lowest BCUT2D eigenvalue weighted by molar-refractivity contribution is -0.135. The van der Waals surface area contributed by atoms with Crippen molar-refractivity contribution in [1.29, 1.82) is 0 Å². The summed E-state index contributed by atoms with van der Waals surface area (Å²) in [5.41, 5.74) is 2.17. The lowest BCUT2D eigenvalue weighted by Crippen LogP contribution is -2.49. The molecule has 4 rings (SSSR count). The third-order valence-electron chi connectivity index (χ3n) is 7.62. The Balaban J connectivity index is 1.36. The first-order valence-electron chi connectivity index (χ1n) is 14.0. The van der Waals surface area contributed by atoms with Gasteiger partial charge in [-0.3, -0.25) is 9.59 Å². The van der Waals surface area contributed by atoms with E-state index >= 15 is 0 Å². The monoisotopic (exact) mass is 527 g/mol. The first-order chi connectivity index (χ1) is 18.0. The molecule has 2 saturated carbocycles. The van der Waals surface area contributed by atoms with Crippen LogP contribution in [0.3, 0.4) is 0 Å². The number of nitrogens with one attached hydrogen (secondary N) is 2. The highest BCUT2D eigenvalue weighted by atomic mass is 32.1. The van der Waals surface area contributed by atoms with E-state index in [0.717, 1.165) is 67.4 Å². The third kappa shape index (κ3) is 7.85. The van der Waals surface area contributed by atoms with Crippen molar-refractivity contribution in [2.24, 2.45) is 5.92 Å². The van der Waals surface area contributed by atoms with Gasteiger partial charge in [0.05, 0.1) is 17.6 Å². The Bertz CT molecular complexity index is 1010. The molecule has 2 fully saturated rings. The Labute approximate surface area is 224 Å². The van der Waals surface area contributed by atoms with Gasteiger partial charge in [-0.25, -0.2) is 4.98 Å². The molecular weight excluding hydrogens is 486 g/mol. The van der Waals surface area contributed by atoms with Crippen LogP contribution in [0, 0.1) is 5.92 Å². The van der Waals surface area contributed by atoms with E-state index in [4.69, 9.17) is 4.74 Å². The van der Waals surface area contributed by atoms with Crippen LogP contribution in [0.15, 0.2) is 30.5 Å². The van der Waals surface area contributed by atoms with Crippen LogP contribution in [0.2, 0.25) is 0 Å². The summed E-state index contributed by atoms with van der Waals surface area (Å²) in [5, 5.41) is 16.7. The maximum absolute atomic E-state index is 13.1. The van der Waals surface area contributed by atoms with Gasteiger partial charge in [0.1, 0.15) is 12.1 Å². The number of aliphatic hydroxyl groups is 1. The summed E-state index contributed by atoms with van der Waals surface area (Å²) < 4.78 is 6.21. The molecule has 2 aliphatic rings. The maximum atomic E-state index is 13.1. The van der Waals surface area contributed by atoms with E-state index < -0.39 is 18.1 Å². The summed E-state index contributed by atoms with van der Waals surface area (Å²) in [5.74, 6) is -0.782. The molecule has 37 heavy (non-hydrogen) atoms. The number of ether oxygens (including phenoxy) is 1. The van der Waals surface area contributed by atoms with Crippen molar-refractivity contribution in [2.75, 3.05) is 5.32 Å². The molecule has 1 aromatic carbocycles. The number of aliphatic hydroxyl groups excluding tert-OH is 1. The van der Waals surface area contributed by atoms with E-state index in [2.05, 4.69) is 27.8 Å². The number of carbonyl (C=O) groups excluding carboxylic acids is 2. The molecule has 3 N–H and O–H groups in total. The number of hydrogen-bond acceptors (Lipinski definition) is 6. The van der Waals surface area contributed by atoms with Crippen LogP contribution < -0.4 is 10.6 Å². The van der Waals surface area contributed by atoms with Crippen molar-refractivity contribution < 1.29 is 19.4 Å². The molecule has 0 saturated heterocycles. The summed E-state index contributed by atoms with van der Waals surface area (Å²) in [6.07, 6.45) is 13.3. The zero-order valence-corrected chi connectivity index (χ0v) is 22.7. The van der Waals surface area contributed by atoms with Gasteiger partial charge in [-0.05, 0) is 49.1 Å². The highest BCUT2D eigenvalue weighted by molar-refractivity contribution is 7.19. The van der Waals surface area contributed by atoms with Crippen molar-refractivity contribution in [3.8, 4) is 10.4 Å². The first kappa shape index (κ1) is 27.7. The van der Waals surface area contributed by atoms with Gasteiger partial charge >= 0.3 is 0 Å². The lowest BCUT2D eigenvalue weighted by atomic mass is 9.85. The molecule has 2 aromatic rings. The van der Waals surface area contributed by atoms with E-state index in [1.807, 2.05) is 19.1 Å². The minimum absolute atomic E-state index is 0.0252. The fraction of sp³-hybridized carbons (Fsp3) is 0.621. The zero-order valence-electron chi connectivity index (χ0n) is 21.9. The van der Waals surface area contributed by atoms with Crippen molar-refractivity contribution in [3.05, 3.63) is 36.0 Å². The van der Waals surface area contributed by atoms with Crippen LogP contribution in [0.1, 0.15) is 89.5 Å². The molecule has 0 radical (unpaired) electrons. The molecule has 8 heteroatoms. The minimum atomic E-state index is -1.06. The summed E-state index contributed by atoms with van der Waals surface area (Å²) in [6.45, 7) is 2.53. The second-order valence-corrected chi connectivity index (χ2v) is 11.5. The number of nitrogens with zero attached hydrogens (tertiary/aromatic N) is 1. The average molecular weight is 528 g/mol. The van der Waals surface area contributed by atoms with Gasteiger partial charge < -0.3 is 20.5 Å². The summed E-state index contributed by atoms with van der Waals surface area (Å²) >= 11 is 1.41. The zero-order chi connectivity index (χ0) is 26.0. The van der Waals surface area contributed by atoms with E-state index in [0.29, 0.717) is 24.3 Å². The van der Waals surface area contributed by atoms with Crippen LogP contribution in [-0.2, 0) is 20.9 Å². The molecule has 202 valence electrons. The van der Waals surface area contributed by atoms with Crippen LogP contribution in [0.5, 0.6) is 0 Å². The molecule has 2 atom stereocenters. The normalized spacial score (nSPS) is 18.8. The summed E-state index contributed by atoms with van der Waals surface area (Å²) in [7, 11) is 0. The van der Waals surface area contributed by atoms with Gasteiger partial charge in [-0.1, -0.05) is 87.5 Å². The molecule has 1 aromatic heterocycles. The first-order valence-corrected chi connectivity index (χ1v) is 14.8. The highest BCUT2D eigenvalue weighted by Gasteiger charge is 2.30. The van der Waals surface area contributed by atoms with Crippen molar-refractivity contribution in [3.63, 3.8) is 0 Å². The number of aromatic nitrogens is 1. The van der Waals surface area contributed by atoms with Crippen molar-refractivity contribution >= 4 is 28.3 Å². The Morgan fingerprint density at radius 1 is 1.05 bits per heavy atom. The van der Waals surface area contributed by atoms with E-state index in [1.165, 1.54) is 30.6 Å². The number of hydrogen-bond donors (Lipinski definition) is 3. The smallest absolute Gasteiger partial charge is 0.249 e.